The Labute approximate surface area is 117 Å². The number of hydrogen-bond donors (Lipinski definition) is 1. The molecule has 2 nitrogen and oxygen atoms in total. The summed E-state index contributed by atoms with van der Waals surface area (Å²) in [6.45, 7) is 2.12. The van der Waals surface area contributed by atoms with Crippen molar-refractivity contribution in [3.63, 3.8) is 0 Å². The van der Waals surface area contributed by atoms with Gasteiger partial charge in [0.25, 0.3) is 0 Å². The van der Waals surface area contributed by atoms with E-state index < -0.39 is 0 Å². The van der Waals surface area contributed by atoms with Crippen LogP contribution in [0, 0.1) is 5.41 Å². The zero-order chi connectivity index (χ0) is 13.0. The lowest BCUT2D eigenvalue weighted by Crippen LogP contribution is -2.33. The molecule has 0 radical (unpaired) electrons. The molecule has 3 heteroatoms. The minimum Gasteiger partial charge on any atom is -0.326 e. The summed E-state index contributed by atoms with van der Waals surface area (Å²) in [5.74, 6) is 0.203. The van der Waals surface area contributed by atoms with Gasteiger partial charge in [0.15, 0.2) is 0 Å². The maximum Gasteiger partial charge on any atom is 0.230 e. The summed E-state index contributed by atoms with van der Waals surface area (Å²) in [4.78, 5) is 12.4. The summed E-state index contributed by atoms with van der Waals surface area (Å²) >= 11 is 3.44. The Hall–Kier alpha value is -0.830. The Balaban J connectivity index is 2.10. The average molecular weight is 310 g/mol. The molecule has 1 aromatic carbocycles. The average Bonchev–Trinajstić information content (AvgIpc) is 2.89. The van der Waals surface area contributed by atoms with E-state index in [0.717, 1.165) is 30.3 Å². The summed E-state index contributed by atoms with van der Waals surface area (Å²) < 4.78 is 0. The van der Waals surface area contributed by atoms with Gasteiger partial charge in [-0.15, -0.1) is 0 Å². The third-order valence-corrected chi connectivity index (χ3v) is 4.71. The van der Waals surface area contributed by atoms with Gasteiger partial charge >= 0.3 is 0 Å². The molecule has 0 heterocycles. The highest BCUT2D eigenvalue weighted by molar-refractivity contribution is 9.08. The molecular weight excluding hydrogens is 290 g/mol. The van der Waals surface area contributed by atoms with Gasteiger partial charge in [-0.3, -0.25) is 4.79 Å². The Bertz CT molecular complexity index is 424. The molecule has 1 saturated carbocycles. The van der Waals surface area contributed by atoms with Crippen molar-refractivity contribution in [1.29, 1.82) is 0 Å². The quantitative estimate of drug-likeness (QED) is 0.816. The van der Waals surface area contributed by atoms with E-state index in [0.29, 0.717) is 0 Å². The molecule has 1 aliphatic carbocycles. The minimum absolute atomic E-state index is 0.121. The monoisotopic (exact) mass is 309 g/mol. The number of rotatable bonds is 4. The van der Waals surface area contributed by atoms with E-state index in [1.54, 1.807) is 0 Å². The lowest BCUT2D eigenvalue weighted by Gasteiger charge is -2.26. The molecule has 1 amide bonds. The zero-order valence-electron chi connectivity index (χ0n) is 10.8. The smallest absolute Gasteiger partial charge is 0.230 e. The van der Waals surface area contributed by atoms with E-state index >= 15 is 0 Å². The van der Waals surface area contributed by atoms with Crippen LogP contribution >= 0.6 is 15.9 Å². The molecule has 1 aliphatic rings. The second-order valence-corrected chi connectivity index (χ2v) is 5.69. The fourth-order valence-electron chi connectivity index (χ4n) is 2.79. The van der Waals surface area contributed by atoms with E-state index in [1.165, 1.54) is 18.4 Å². The van der Waals surface area contributed by atoms with Crippen LogP contribution in [0.2, 0.25) is 0 Å². The number of benzene rings is 1. The first-order valence-electron chi connectivity index (χ1n) is 6.66. The van der Waals surface area contributed by atoms with Gasteiger partial charge in [-0.2, -0.15) is 0 Å². The summed E-state index contributed by atoms with van der Waals surface area (Å²) in [5, 5.41) is 3.91. The van der Waals surface area contributed by atoms with Crippen molar-refractivity contribution in [3.05, 3.63) is 29.8 Å². The van der Waals surface area contributed by atoms with Crippen LogP contribution in [-0.4, -0.2) is 5.91 Å². The van der Waals surface area contributed by atoms with Crippen molar-refractivity contribution >= 4 is 27.5 Å². The number of carbonyl (C=O) groups excluding carboxylic acids is 1. The number of amides is 1. The molecule has 18 heavy (non-hydrogen) atoms. The van der Waals surface area contributed by atoms with Crippen LogP contribution in [0.15, 0.2) is 24.3 Å². The van der Waals surface area contributed by atoms with Crippen LogP contribution in [0.4, 0.5) is 5.69 Å². The van der Waals surface area contributed by atoms with E-state index in [1.807, 2.05) is 18.2 Å². The molecule has 1 N–H and O–H groups in total. The molecule has 0 saturated heterocycles. The third kappa shape index (κ3) is 2.77. The maximum absolute atomic E-state index is 12.4. The molecule has 98 valence electrons. The molecule has 0 atom stereocenters. The first kappa shape index (κ1) is 13.6. The van der Waals surface area contributed by atoms with E-state index in [2.05, 4.69) is 34.2 Å². The van der Waals surface area contributed by atoms with Crippen molar-refractivity contribution in [2.75, 3.05) is 5.32 Å². The van der Waals surface area contributed by atoms with Gasteiger partial charge < -0.3 is 5.32 Å². The van der Waals surface area contributed by atoms with Gasteiger partial charge in [-0.05, 0) is 37.0 Å². The molecular formula is C15H20BrNO. The summed E-state index contributed by atoms with van der Waals surface area (Å²) in [5.41, 5.74) is 1.98. The molecule has 0 unspecified atom stereocenters. The fourth-order valence-corrected chi connectivity index (χ4v) is 3.14. The van der Waals surface area contributed by atoms with Crippen LogP contribution in [0.5, 0.6) is 0 Å². The second kappa shape index (κ2) is 5.87. The minimum atomic E-state index is -0.121. The van der Waals surface area contributed by atoms with Crippen LogP contribution in [-0.2, 0) is 10.1 Å². The number of anilines is 1. The van der Waals surface area contributed by atoms with E-state index in [4.69, 9.17) is 0 Å². The standard InChI is InChI=1S/C15H20BrNO/c1-2-15(8-3-4-9-15)14(18)17-13-7-5-6-12(10-13)11-16/h5-7,10H,2-4,8-9,11H2,1H3,(H,17,18). The number of halogens is 1. The number of alkyl halides is 1. The molecule has 2 rings (SSSR count). The zero-order valence-corrected chi connectivity index (χ0v) is 12.4. The second-order valence-electron chi connectivity index (χ2n) is 5.13. The van der Waals surface area contributed by atoms with Crippen LogP contribution in [0.3, 0.4) is 0 Å². The summed E-state index contributed by atoms with van der Waals surface area (Å²) in [7, 11) is 0. The highest BCUT2D eigenvalue weighted by Gasteiger charge is 2.39. The lowest BCUT2D eigenvalue weighted by molar-refractivity contribution is -0.125. The molecule has 0 bridgehead atoms. The van der Waals surface area contributed by atoms with E-state index in [-0.39, 0.29) is 11.3 Å². The van der Waals surface area contributed by atoms with Gasteiger partial charge in [-0.25, -0.2) is 0 Å². The maximum atomic E-state index is 12.4. The topological polar surface area (TPSA) is 29.1 Å². The Kier molecular flexibility index (Phi) is 4.44. The summed E-state index contributed by atoms with van der Waals surface area (Å²) in [6.07, 6.45) is 5.38. The molecule has 0 spiro atoms. The number of nitrogens with one attached hydrogen (secondary N) is 1. The van der Waals surface area contributed by atoms with Gasteiger partial charge in [0.2, 0.25) is 5.91 Å². The van der Waals surface area contributed by atoms with Crippen molar-refractivity contribution < 1.29 is 4.79 Å². The molecule has 1 fully saturated rings. The van der Waals surface area contributed by atoms with Crippen molar-refractivity contribution in [2.24, 2.45) is 5.41 Å². The Morgan fingerprint density at radius 2 is 2.11 bits per heavy atom. The van der Waals surface area contributed by atoms with Crippen molar-refractivity contribution in [3.8, 4) is 0 Å². The number of carbonyl (C=O) groups is 1. The normalized spacial score (nSPS) is 17.7. The molecule has 0 aromatic heterocycles. The predicted molar refractivity (Wildman–Crippen MR) is 78.9 cm³/mol. The number of hydrogen-bond acceptors (Lipinski definition) is 1. The molecule has 1 aromatic rings. The van der Waals surface area contributed by atoms with E-state index in [9.17, 15) is 4.79 Å². The van der Waals surface area contributed by atoms with Crippen molar-refractivity contribution in [1.82, 2.24) is 0 Å². The predicted octanol–water partition coefficient (Wildman–Crippen LogP) is 4.49. The first-order chi connectivity index (χ1) is 8.70. The van der Waals surface area contributed by atoms with Crippen LogP contribution in [0.1, 0.15) is 44.6 Å². The lowest BCUT2D eigenvalue weighted by atomic mass is 9.82. The Morgan fingerprint density at radius 3 is 2.72 bits per heavy atom. The van der Waals surface area contributed by atoms with Gasteiger partial charge in [0, 0.05) is 16.4 Å². The first-order valence-corrected chi connectivity index (χ1v) is 7.79. The van der Waals surface area contributed by atoms with Crippen molar-refractivity contribution in [2.45, 2.75) is 44.4 Å². The molecule has 0 aliphatic heterocycles. The third-order valence-electron chi connectivity index (χ3n) is 4.06. The van der Waals surface area contributed by atoms with Crippen LogP contribution < -0.4 is 5.32 Å². The summed E-state index contributed by atoms with van der Waals surface area (Å²) in [6, 6.07) is 8.03. The highest BCUT2D eigenvalue weighted by atomic mass is 79.9. The fraction of sp³-hybridized carbons (Fsp3) is 0.533. The highest BCUT2D eigenvalue weighted by Crippen LogP contribution is 2.41. The van der Waals surface area contributed by atoms with Gasteiger partial charge in [0.1, 0.15) is 0 Å². The SMILES string of the molecule is CCC1(C(=O)Nc2cccc(CBr)c2)CCCC1. The van der Waals surface area contributed by atoms with Gasteiger partial charge in [-0.1, -0.05) is 47.8 Å². The van der Waals surface area contributed by atoms with Crippen LogP contribution in [0.25, 0.3) is 0 Å². The Morgan fingerprint density at radius 1 is 1.39 bits per heavy atom. The largest absolute Gasteiger partial charge is 0.326 e. The van der Waals surface area contributed by atoms with Gasteiger partial charge in [0.05, 0.1) is 0 Å².